The van der Waals surface area contributed by atoms with E-state index in [1.807, 2.05) is 12.1 Å². The molecule has 4 rings (SSSR count). The quantitative estimate of drug-likeness (QED) is 0.318. The molecule has 0 aliphatic heterocycles. The van der Waals surface area contributed by atoms with Crippen molar-refractivity contribution in [3.63, 3.8) is 0 Å². The average molecular weight is 405 g/mol. The predicted octanol–water partition coefficient (Wildman–Crippen LogP) is 5.34. The Hall–Kier alpha value is -4.07. The van der Waals surface area contributed by atoms with Gasteiger partial charge < -0.3 is 9.26 Å². The molecule has 8 heteroatoms. The number of hydrogen-bond acceptors (Lipinski definition) is 6. The Balaban J connectivity index is 1.53. The molecule has 1 heterocycles. The van der Waals surface area contributed by atoms with Gasteiger partial charge >= 0.3 is 5.69 Å². The number of nitro benzene ring substituents is 1. The van der Waals surface area contributed by atoms with Crippen LogP contribution in [0.1, 0.15) is 11.1 Å². The summed E-state index contributed by atoms with van der Waals surface area (Å²) < 4.78 is 24.1. The molecule has 0 atom stereocenters. The van der Waals surface area contributed by atoms with E-state index in [9.17, 15) is 14.5 Å². The molecule has 0 saturated carbocycles. The molecule has 0 spiro atoms. The first-order valence-electron chi connectivity index (χ1n) is 9.06. The zero-order chi connectivity index (χ0) is 21.1. The van der Waals surface area contributed by atoms with Crippen LogP contribution in [-0.4, -0.2) is 15.1 Å². The van der Waals surface area contributed by atoms with E-state index >= 15 is 0 Å². The average Bonchev–Trinajstić information content (AvgIpc) is 3.24. The molecule has 0 amide bonds. The van der Waals surface area contributed by atoms with Crippen molar-refractivity contribution >= 4 is 5.69 Å². The summed E-state index contributed by atoms with van der Waals surface area (Å²) in [6.07, 6.45) is 0. The highest BCUT2D eigenvalue weighted by Gasteiger charge is 2.16. The summed E-state index contributed by atoms with van der Waals surface area (Å²) in [7, 11) is 0. The lowest BCUT2D eigenvalue weighted by Crippen LogP contribution is -1.99. The second-order valence-electron chi connectivity index (χ2n) is 6.65. The van der Waals surface area contributed by atoms with E-state index in [0.29, 0.717) is 22.8 Å². The van der Waals surface area contributed by atoms with Crippen molar-refractivity contribution in [1.29, 1.82) is 0 Å². The van der Waals surface area contributed by atoms with Crippen molar-refractivity contribution in [1.82, 2.24) is 10.1 Å². The zero-order valence-electron chi connectivity index (χ0n) is 15.9. The molecule has 0 saturated heterocycles. The number of nitro groups is 1. The second-order valence-corrected chi connectivity index (χ2v) is 6.65. The van der Waals surface area contributed by atoms with Crippen LogP contribution in [0.15, 0.2) is 71.3 Å². The molecule has 0 fully saturated rings. The lowest BCUT2D eigenvalue weighted by atomic mass is 10.1. The first-order chi connectivity index (χ1) is 14.5. The number of nitrogens with zero attached hydrogens (tertiary/aromatic N) is 3. The molecule has 30 heavy (non-hydrogen) atoms. The topological polar surface area (TPSA) is 91.3 Å². The summed E-state index contributed by atoms with van der Waals surface area (Å²) in [5, 5.41) is 15.2. The number of rotatable bonds is 6. The van der Waals surface area contributed by atoms with E-state index in [-0.39, 0.29) is 23.9 Å². The van der Waals surface area contributed by atoms with Crippen LogP contribution in [0.2, 0.25) is 0 Å². The standard InChI is InChI=1S/C22H16FN3O4/c1-14-5-10-20(19(11-14)26(27)28)29-13-15-3-2-4-17(12-15)22-24-21(25-30-22)16-6-8-18(23)9-7-16/h2-12H,13H2,1H3. The van der Waals surface area contributed by atoms with Gasteiger partial charge in [0.15, 0.2) is 5.75 Å². The van der Waals surface area contributed by atoms with Crippen molar-refractivity contribution in [2.24, 2.45) is 0 Å². The van der Waals surface area contributed by atoms with Crippen LogP contribution >= 0.6 is 0 Å². The van der Waals surface area contributed by atoms with Crippen molar-refractivity contribution in [3.05, 3.63) is 93.8 Å². The Morgan fingerprint density at radius 2 is 1.87 bits per heavy atom. The number of ether oxygens (including phenoxy) is 1. The molecule has 7 nitrogen and oxygen atoms in total. The Morgan fingerprint density at radius 3 is 2.63 bits per heavy atom. The van der Waals surface area contributed by atoms with E-state index in [4.69, 9.17) is 9.26 Å². The fraction of sp³-hybridized carbons (Fsp3) is 0.0909. The van der Waals surface area contributed by atoms with Gasteiger partial charge in [-0.05, 0) is 60.5 Å². The van der Waals surface area contributed by atoms with Gasteiger partial charge in [0.05, 0.1) is 4.92 Å². The van der Waals surface area contributed by atoms with Crippen LogP contribution in [0, 0.1) is 22.9 Å². The highest BCUT2D eigenvalue weighted by atomic mass is 19.1. The molecule has 0 aliphatic carbocycles. The lowest BCUT2D eigenvalue weighted by molar-refractivity contribution is -0.386. The smallest absolute Gasteiger partial charge is 0.311 e. The first-order valence-corrected chi connectivity index (χ1v) is 9.06. The van der Waals surface area contributed by atoms with Gasteiger partial charge in [-0.15, -0.1) is 0 Å². The minimum atomic E-state index is -0.464. The number of benzene rings is 3. The van der Waals surface area contributed by atoms with E-state index in [0.717, 1.165) is 11.1 Å². The SMILES string of the molecule is Cc1ccc(OCc2cccc(-c3nc(-c4ccc(F)cc4)no3)c2)c([N+](=O)[O-])c1. The fourth-order valence-electron chi connectivity index (χ4n) is 2.90. The molecule has 150 valence electrons. The third-order valence-corrected chi connectivity index (χ3v) is 4.41. The highest BCUT2D eigenvalue weighted by molar-refractivity contribution is 5.60. The number of aryl methyl sites for hydroxylation is 1. The van der Waals surface area contributed by atoms with Gasteiger partial charge in [-0.3, -0.25) is 10.1 Å². The Labute approximate surface area is 170 Å². The van der Waals surface area contributed by atoms with Gasteiger partial charge in [-0.25, -0.2) is 4.39 Å². The summed E-state index contributed by atoms with van der Waals surface area (Å²) in [5.41, 5.74) is 2.80. The highest BCUT2D eigenvalue weighted by Crippen LogP contribution is 2.29. The molecular weight excluding hydrogens is 389 g/mol. The van der Waals surface area contributed by atoms with Crippen LogP contribution in [0.25, 0.3) is 22.8 Å². The van der Waals surface area contributed by atoms with E-state index in [2.05, 4.69) is 10.1 Å². The Bertz CT molecular complexity index is 1210. The number of halogens is 1. The third kappa shape index (κ3) is 4.17. The number of hydrogen-bond donors (Lipinski definition) is 0. The minimum absolute atomic E-state index is 0.0769. The van der Waals surface area contributed by atoms with E-state index < -0.39 is 4.92 Å². The molecular formula is C22H16FN3O4. The van der Waals surface area contributed by atoms with Gasteiger partial charge in [-0.2, -0.15) is 4.98 Å². The number of aromatic nitrogens is 2. The maximum Gasteiger partial charge on any atom is 0.311 e. The third-order valence-electron chi connectivity index (χ3n) is 4.41. The van der Waals surface area contributed by atoms with Crippen molar-refractivity contribution < 1.29 is 18.6 Å². The first kappa shape index (κ1) is 19.3. The molecule has 4 aromatic rings. The van der Waals surface area contributed by atoms with Crippen LogP contribution in [0.5, 0.6) is 5.75 Å². The molecule has 0 N–H and O–H groups in total. The summed E-state index contributed by atoms with van der Waals surface area (Å²) in [6, 6.07) is 17.9. The molecule has 1 aromatic heterocycles. The fourth-order valence-corrected chi connectivity index (χ4v) is 2.90. The summed E-state index contributed by atoms with van der Waals surface area (Å²) in [4.78, 5) is 15.1. The maximum absolute atomic E-state index is 13.1. The second kappa shape index (κ2) is 8.12. The Kier molecular flexibility index (Phi) is 5.21. The summed E-state index contributed by atoms with van der Waals surface area (Å²) >= 11 is 0. The van der Waals surface area contributed by atoms with Crippen molar-refractivity contribution in [2.45, 2.75) is 13.5 Å². The van der Waals surface area contributed by atoms with Gasteiger partial charge in [0, 0.05) is 17.2 Å². The van der Waals surface area contributed by atoms with E-state index in [1.165, 1.54) is 18.2 Å². The van der Waals surface area contributed by atoms with Gasteiger partial charge in [0.2, 0.25) is 5.82 Å². The maximum atomic E-state index is 13.1. The van der Waals surface area contributed by atoms with Crippen LogP contribution in [0.3, 0.4) is 0 Å². The van der Waals surface area contributed by atoms with Crippen LogP contribution < -0.4 is 4.74 Å². The molecule has 3 aromatic carbocycles. The van der Waals surface area contributed by atoms with Crippen LogP contribution in [0.4, 0.5) is 10.1 Å². The van der Waals surface area contributed by atoms with Gasteiger partial charge in [0.1, 0.15) is 12.4 Å². The molecule has 0 radical (unpaired) electrons. The lowest BCUT2D eigenvalue weighted by Gasteiger charge is -2.08. The largest absolute Gasteiger partial charge is 0.482 e. The summed E-state index contributed by atoms with van der Waals surface area (Å²) in [6.45, 7) is 1.92. The molecule has 0 unspecified atom stereocenters. The molecule has 0 bridgehead atoms. The Morgan fingerprint density at radius 1 is 1.07 bits per heavy atom. The molecule has 0 aliphatic rings. The normalized spacial score (nSPS) is 10.7. The van der Waals surface area contributed by atoms with Gasteiger partial charge in [0.25, 0.3) is 5.89 Å². The van der Waals surface area contributed by atoms with Gasteiger partial charge in [-0.1, -0.05) is 23.4 Å². The van der Waals surface area contributed by atoms with Crippen molar-refractivity contribution in [2.75, 3.05) is 0 Å². The monoisotopic (exact) mass is 405 g/mol. The van der Waals surface area contributed by atoms with E-state index in [1.54, 1.807) is 43.3 Å². The van der Waals surface area contributed by atoms with Crippen molar-refractivity contribution in [3.8, 4) is 28.6 Å². The predicted molar refractivity (Wildman–Crippen MR) is 107 cm³/mol. The summed E-state index contributed by atoms with van der Waals surface area (Å²) in [5.74, 6) is 0.510. The zero-order valence-corrected chi connectivity index (χ0v) is 15.9. The van der Waals surface area contributed by atoms with Crippen LogP contribution in [-0.2, 0) is 6.61 Å². The minimum Gasteiger partial charge on any atom is -0.482 e.